The number of benzene rings is 2. The fourth-order valence-electron chi connectivity index (χ4n) is 3.03. The van der Waals surface area contributed by atoms with Gasteiger partial charge in [0.2, 0.25) is 0 Å². The third-order valence-electron chi connectivity index (χ3n) is 4.94. The Labute approximate surface area is 217 Å². The number of carbonyl (C=O) groups is 2. The Hall–Kier alpha value is -2.91. The van der Waals surface area contributed by atoms with Crippen molar-refractivity contribution in [2.75, 3.05) is 11.9 Å². The first-order chi connectivity index (χ1) is 17.2. The van der Waals surface area contributed by atoms with Crippen LogP contribution in [0.5, 0.6) is 0 Å². The molecular weight excluding hydrogens is 586 g/mol. The fourth-order valence-corrected chi connectivity index (χ4v) is 3.53. The Morgan fingerprint density at radius 3 is 1.82 bits per heavy atom. The number of hydrogen-bond acceptors (Lipinski definition) is 5. The Morgan fingerprint density at radius 2 is 1.39 bits per heavy atom. The van der Waals surface area contributed by atoms with Crippen LogP contribution in [-0.4, -0.2) is 47.8 Å². The number of esters is 1. The second-order valence-electron chi connectivity index (χ2n) is 7.45. The van der Waals surface area contributed by atoms with Gasteiger partial charge in [0.25, 0.3) is 11.5 Å². The molecule has 0 fully saturated rings. The summed E-state index contributed by atoms with van der Waals surface area (Å²) in [6, 6.07) is 3.71. The van der Waals surface area contributed by atoms with E-state index in [4.69, 9.17) is 23.2 Å². The van der Waals surface area contributed by atoms with E-state index in [0.717, 1.165) is 35.8 Å². The third kappa shape index (κ3) is 5.89. The van der Waals surface area contributed by atoms with E-state index in [-0.39, 0.29) is 17.2 Å². The molecule has 0 aliphatic rings. The molecule has 1 amide bonds. The molecule has 0 bridgehead atoms. The molecule has 17 heteroatoms. The number of halogens is 11. The highest BCUT2D eigenvalue weighted by Crippen LogP contribution is 2.45. The van der Waals surface area contributed by atoms with Gasteiger partial charge in [0.15, 0.2) is 0 Å². The Balaban J connectivity index is 2.58. The SMILES string of the molecule is CCOC(=O)C(O)(c1ccc(NC(NC(=O)c2ccc(Cl)cc2Cl)(C(F)(F)F)C(F)(F)F)cc1)C(F)(F)F. The first-order valence-electron chi connectivity index (χ1n) is 9.97. The van der Waals surface area contributed by atoms with Gasteiger partial charge < -0.3 is 20.5 Å². The minimum atomic E-state index is -6.28. The summed E-state index contributed by atoms with van der Waals surface area (Å²) in [6.45, 7) is 0.537. The minimum absolute atomic E-state index is 0.0793. The van der Waals surface area contributed by atoms with Gasteiger partial charge in [0.05, 0.1) is 17.2 Å². The Kier molecular flexibility index (Phi) is 8.81. The Morgan fingerprint density at radius 1 is 0.868 bits per heavy atom. The van der Waals surface area contributed by atoms with Crippen LogP contribution in [0.15, 0.2) is 42.5 Å². The van der Waals surface area contributed by atoms with Gasteiger partial charge in [0, 0.05) is 16.3 Å². The number of anilines is 1. The maximum absolute atomic E-state index is 13.9. The zero-order valence-electron chi connectivity index (χ0n) is 18.6. The molecule has 6 nitrogen and oxygen atoms in total. The highest BCUT2D eigenvalue weighted by molar-refractivity contribution is 6.36. The van der Waals surface area contributed by atoms with E-state index >= 15 is 0 Å². The summed E-state index contributed by atoms with van der Waals surface area (Å²) >= 11 is 11.3. The quantitative estimate of drug-likeness (QED) is 0.207. The summed E-state index contributed by atoms with van der Waals surface area (Å²) in [5.74, 6) is -4.11. The molecule has 210 valence electrons. The first kappa shape index (κ1) is 31.3. The number of alkyl halides is 9. The first-order valence-corrected chi connectivity index (χ1v) is 10.7. The van der Waals surface area contributed by atoms with Gasteiger partial charge in [-0.3, -0.25) is 4.79 Å². The van der Waals surface area contributed by atoms with Gasteiger partial charge in [-0.2, -0.15) is 39.5 Å². The summed E-state index contributed by atoms with van der Waals surface area (Å²) < 4.78 is 128. The lowest BCUT2D eigenvalue weighted by atomic mass is 9.92. The molecule has 0 heterocycles. The molecule has 0 saturated heterocycles. The van der Waals surface area contributed by atoms with Crippen LogP contribution < -0.4 is 10.6 Å². The van der Waals surface area contributed by atoms with Crippen molar-refractivity contribution >= 4 is 40.8 Å². The van der Waals surface area contributed by atoms with Crippen molar-refractivity contribution in [2.24, 2.45) is 0 Å². The van der Waals surface area contributed by atoms with Crippen LogP contribution in [0.3, 0.4) is 0 Å². The standard InChI is InChI=1S/C21H15Cl2F9N2O4/c1-2-38-16(36)17(37,19(24,25)26)10-3-6-12(7-4-10)33-18(20(27,28)29,21(30,31)32)34-15(35)13-8-5-11(22)9-14(13)23/h3-9,33,37H,2H2,1H3,(H,34,35). The fraction of sp³-hybridized carbons (Fsp3) is 0.333. The van der Waals surface area contributed by atoms with Crippen molar-refractivity contribution in [3.63, 3.8) is 0 Å². The Bertz CT molecular complexity index is 1170. The maximum Gasteiger partial charge on any atom is 0.439 e. The molecule has 3 N–H and O–H groups in total. The molecular formula is C21H15Cl2F9N2O4. The van der Waals surface area contributed by atoms with Crippen molar-refractivity contribution in [3.05, 3.63) is 63.6 Å². The van der Waals surface area contributed by atoms with Gasteiger partial charge in [-0.25, -0.2) is 4.79 Å². The molecule has 2 rings (SSSR count). The topological polar surface area (TPSA) is 87.7 Å². The molecule has 38 heavy (non-hydrogen) atoms. The van der Waals surface area contributed by atoms with Crippen molar-refractivity contribution in [2.45, 2.75) is 36.7 Å². The van der Waals surface area contributed by atoms with Gasteiger partial charge in [0.1, 0.15) is 0 Å². The molecule has 0 radical (unpaired) electrons. The summed E-state index contributed by atoms with van der Waals surface area (Å²) in [6.07, 6.45) is -18.2. The van der Waals surface area contributed by atoms with E-state index in [0.29, 0.717) is 12.1 Å². The van der Waals surface area contributed by atoms with Crippen molar-refractivity contribution < 1.29 is 58.9 Å². The van der Waals surface area contributed by atoms with Crippen LogP contribution in [0.1, 0.15) is 22.8 Å². The lowest BCUT2D eigenvalue weighted by molar-refractivity contribution is -0.294. The van der Waals surface area contributed by atoms with Crippen LogP contribution in [0.2, 0.25) is 10.0 Å². The third-order valence-corrected chi connectivity index (χ3v) is 5.49. The number of amides is 1. The van der Waals surface area contributed by atoms with Gasteiger partial charge in [-0.05, 0) is 37.3 Å². The smallest absolute Gasteiger partial charge is 0.439 e. The number of hydrogen-bond donors (Lipinski definition) is 3. The average Bonchev–Trinajstić information content (AvgIpc) is 2.76. The molecule has 0 spiro atoms. The average molecular weight is 601 g/mol. The summed E-state index contributed by atoms with van der Waals surface area (Å²) in [5, 5.41) is 11.2. The van der Waals surface area contributed by atoms with Crippen LogP contribution in [-0.2, 0) is 15.1 Å². The van der Waals surface area contributed by atoms with E-state index in [1.807, 2.05) is 0 Å². The van der Waals surface area contributed by atoms with Crippen LogP contribution in [0.25, 0.3) is 0 Å². The van der Waals surface area contributed by atoms with Crippen molar-refractivity contribution in [1.29, 1.82) is 0 Å². The van der Waals surface area contributed by atoms with Gasteiger partial charge in [-0.1, -0.05) is 35.3 Å². The maximum atomic E-state index is 13.9. The summed E-state index contributed by atoms with van der Waals surface area (Å²) in [4.78, 5) is 24.2. The van der Waals surface area contributed by atoms with Crippen LogP contribution in [0, 0.1) is 0 Å². The van der Waals surface area contributed by atoms with Crippen molar-refractivity contribution in [3.8, 4) is 0 Å². The lowest BCUT2D eigenvalue weighted by Gasteiger charge is -2.39. The normalized spacial score (nSPS) is 14.4. The summed E-state index contributed by atoms with van der Waals surface area (Å²) in [5.41, 5.74) is -12.7. The largest absolute Gasteiger partial charge is 0.463 e. The second-order valence-corrected chi connectivity index (χ2v) is 8.30. The van der Waals surface area contributed by atoms with Crippen LogP contribution in [0.4, 0.5) is 45.2 Å². The minimum Gasteiger partial charge on any atom is -0.463 e. The van der Waals surface area contributed by atoms with E-state index in [9.17, 15) is 54.2 Å². The van der Waals surface area contributed by atoms with Gasteiger partial charge >= 0.3 is 30.2 Å². The number of rotatable bonds is 7. The predicted molar refractivity (Wildman–Crippen MR) is 115 cm³/mol. The molecule has 0 aromatic heterocycles. The van der Waals surface area contributed by atoms with Gasteiger partial charge in [-0.15, -0.1) is 0 Å². The molecule has 0 aliphatic carbocycles. The van der Waals surface area contributed by atoms with E-state index in [1.54, 1.807) is 0 Å². The zero-order valence-corrected chi connectivity index (χ0v) is 20.1. The predicted octanol–water partition coefficient (Wildman–Crippen LogP) is 5.97. The van der Waals surface area contributed by atoms with E-state index in [1.165, 1.54) is 0 Å². The number of nitrogens with one attached hydrogen (secondary N) is 2. The molecule has 2 aromatic carbocycles. The van der Waals surface area contributed by atoms with E-state index < -0.39 is 70.1 Å². The van der Waals surface area contributed by atoms with E-state index in [2.05, 4.69) is 4.74 Å². The number of ether oxygens (including phenoxy) is 1. The molecule has 0 aliphatic heterocycles. The molecule has 1 atom stereocenters. The zero-order chi connectivity index (χ0) is 29.3. The highest BCUT2D eigenvalue weighted by Gasteiger charge is 2.72. The number of aliphatic hydroxyl groups is 1. The lowest BCUT2D eigenvalue weighted by Crippen LogP contribution is -2.72. The van der Waals surface area contributed by atoms with Crippen molar-refractivity contribution in [1.82, 2.24) is 5.32 Å². The molecule has 0 saturated carbocycles. The highest BCUT2D eigenvalue weighted by atomic mass is 35.5. The molecule has 1 unspecified atom stereocenters. The monoisotopic (exact) mass is 600 g/mol. The number of carbonyl (C=O) groups excluding carboxylic acids is 2. The second kappa shape index (κ2) is 10.7. The molecule has 2 aromatic rings. The summed E-state index contributed by atoms with van der Waals surface area (Å²) in [7, 11) is 0. The van der Waals surface area contributed by atoms with Crippen LogP contribution >= 0.6 is 23.2 Å².